The molecule has 2 rings (SSSR count). The normalized spacial score (nSPS) is 29.3. The van der Waals surface area contributed by atoms with E-state index in [0.29, 0.717) is 6.10 Å². The van der Waals surface area contributed by atoms with Crippen molar-refractivity contribution in [3.63, 3.8) is 0 Å². The van der Waals surface area contributed by atoms with Gasteiger partial charge in [0.15, 0.2) is 0 Å². The molecule has 0 bridgehead atoms. The smallest absolute Gasteiger partial charge is 0.0850 e. The Morgan fingerprint density at radius 1 is 1.64 bits per heavy atom. The summed E-state index contributed by atoms with van der Waals surface area (Å²) < 4.78 is 5.63. The van der Waals surface area contributed by atoms with Crippen molar-refractivity contribution >= 4 is 11.3 Å². The summed E-state index contributed by atoms with van der Waals surface area (Å²) in [5, 5.41) is 12.0. The highest BCUT2D eigenvalue weighted by Crippen LogP contribution is 2.24. The lowest BCUT2D eigenvalue weighted by atomic mass is 10.1. The second kappa shape index (κ2) is 4.43. The maximum absolute atomic E-state index is 9.92. The Morgan fingerprint density at radius 2 is 2.50 bits per heavy atom. The summed E-state index contributed by atoms with van der Waals surface area (Å²) >= 11 is 1.70. The van der Waals surface area contributed by atoms with E-state index in [1.54, 1.807) is 11.3 Å². The van der Waals surface area contributed by atoms with E-state index in [0.717, 1.165) is 19.3 Å². The van der Waals surface area contributed by atoms with Crippen molar-refractivity contribution in [1.29, 1.82) is 0 Å². The molecule has 0 spiro atoms. The van der Waals surface area contributed by atoms with E-state index in [1.165, 1.54) is 4.88 Å². The summed E-state index contributed by atoms with van der Waals surface area (Å²) in [5.74, 6) is 0. The van der Waals surface area contributed by atoms with Gasteiger partial charge in [-0.15, -0.1) is 11.3 Å². The zero-order valence-corrected chi connectivity index (χ0v) is 9.17. The van der Waals surface area contributed by atoms with Crippen molar-refractivity contribution in [1.82, 2.24) is 0 Å². The number of ether oxygens (including phenoxy) is 1. The van der Waals surface area contributed by atoms with Crippen molar-refractivity contribution in [2.75, 3.05) is 0 Å². The van der Waals surface area contributed by atoms with Crippen molar-refractivity contribution < 1.29 is 9.84 Å². The first kappa shape index (κ1) is 10.1. The molecule has 1 saturated heterocycles. The zero-order valence-electron chi connectivity index (χ0n) is 8.35. The molecule has 2 heterocycles. The lowest BCUT2D eigenvalue weighted by molar-refractivity contribution is -0.0275. The van der Waals surface area contributed by atoms with Gasteiger partial charge in [0.2, 0.25) is 0 Å². The Labute approximate surface area is 88.5 Å². The van der Waals surface area contributed by atoms with Crippen molar-refractivity contribution in [3.8, 4) is 0 Å². The SMILES string of the molecule is CC1CCC(C(O)Cc2cccs2)O1. The van der Waals surface area contributed by atoms with Gasteiger partial charge in [-0.3, -0.25) is 0 Å². The van der Waals surface area contributed by atoms with E-state index in [2.05, 4.69) is 13.0 Å². The number of aliphatic hydroxyl groups is 1. The lowest BCUT2D eigenvalue weighted by Crippen LogP contribution is -2.27. The molecule has 1 aromatic rings. The maximum atomic E-state index is 9.92. The van der Waals surface area contributed by atoms with E-state index < -0.39 is 0 Å². The molecule has 14 heavy (non-hydrogen) atoms. The molecule has 0 amide bonds. The number of hydrogen-bond donors (Lipinski definition) is 1. The predicted molar refractivity (Wildman–Crippen MR) is 57.6 cm³/mol. The molecule has 0 radical (unpaired) electrons. The molecule has 1 aliphatic rings. The van der Waals surface area contributed by atoms with Crippen molar-refractivity contribution in [2.24, 2.45) is 0 Å². The van der Waals surface area contributed by atoms with Gasteiger partial charge in [0.1, 0.15) is 0 Å². The highest BCUT2D eigenvalue weighted by molar-refractivity contribution is 7.09. The van der Waals surface area contributed by atoms with Crippen LogP contribution in [0.4, 0.5) is 0 Å². The summed E-state index contributed by atoms with van der Waals surface area (Å²) in [4.78, 5) is 1.24. The first-order valence-corrected chi connectivity index (χ1v) is 5.99. The molecule has 3 heteroatoms. The van der Waals surface area contributed by atoms with Crippen LogP contribution >= 0.6 is 11.3 Å². The number of aliphatic hydroxyl groups excluding tert-OH is 1. The fourth-order valence-corrected chi connectivity index (χ4v) is 2.64. The Hall–Kier alpha value is -0.380. The molecule has 0 aliphatic carbocycles. The van der Waals surface area contributed by atoms with Gasteiger partial charge < -0.3 is 9.84 Å². The topological polar surface area (TPSA) is 29.5 Å². The van der Waals surface area contributed by atoms with E-state index in [1.807, 2.05) is 11.4 Å². The highest BCUT2D eigenvalue weighted by atomic mass is 32.1. The van der Waals surface area contributed by atoms with Gasteiger partial charge in [0.25, 0.3) is 0 Å². The van der Waals surface area contributed by atoms with E-state index in [-0.39, 0.29) is 12.2 Å². The van der Waals surface area contributed by atoms with Crippen LogP contribution in [0.2, 0.25) is 0 Å². The Bertz CT molecular complexity index is 271. The third-order valence-electron chi connectivity index (χ3n) is 2.68. The third-order valence-corrected chi connectivity index (χ3v) is 3.58. The molecule has 3 unspecified atom stereocenters. The number of hydrogen-bond acceptors (Lipinski definition) is 3. The summed E-state index contributed by atoms with van der Waals surface area (Å²) in [6.45, 7) is 2.07. The average molecular weight is 212 g/mol. The molecule has 2 nitrogen and oxygen atoms in total. The van der Waals surface area contributed by atoms with Crippen LogP contribution in [0, 0.1) is 0 Å². The van der Waals surface area contributed by atoms with Gasteiger partial charge >= 0.3 is 0 Å². The van der Waals surface area contributed by atoms with Crippen LogP contribution in [-0.4, -0.2) is 23.4 Å². The van der Waals surface area contributed by atoms with E-state index >= 15 is 0 Å². The molecule has 1 aromatic heterocycles. The summed E-state index contributed by atoms with van der Waals surface area (Å²) in [7, 11) is 0. The molecule has 1 fully saturated rings. The average Bonchev–Trinajstić information content (AvgIpc) is 2.75. The third kappa shape index (κ3) is 2.35. The monoisotopic (exact) mass is 212 g/mol. The molecule has 1 N–H and O–H groups in total. The van der Waals surface area contributed by atoms with Gasteiger partial charge in [-0.05, 0) is 31.2 Å². The van der Waals surface area contributed by atoms with Crippen LogP contribution in [0.1, 0.15) is 24.6 Å². The van der Waals surface area contributed by atoms with Gasteiger partial charge in [-0.2, -0.15) is 0 Å². The van der Waals surface area contributed by atoms with Crippen LogP contribution in [0.25, 0.3) is 0 Å². The molecule has 0 saturated carbocycles. The highest BCUT2D eigenvalue weighted by Gasteiger charge is 2.28. The van der Waals surface area contributed by atoms with Crippen LogP contribution in [0.3, 0.4) is 0 Å². The molecular formula is C11H16O2S. The predicted octanol–water partition coefficient (Wildman–Crippen LogP) is 2.22. The number of rotatable bonds is 3. The van der Waals surface area contributed by atoms with Crippen LogP contribution in [0.5, 0.6) is 0 Å². The van der Waals surface area contributed by atoms with Gasteiger partial charge in [-0.25, -0.2) is 0 Å². The summed E-state index contributed by atoms with van der Waals surface area (Å²) in [6.07, 6.45) is 2.83. The van der Waals surface area contributed by atoms with Gasteiger partial charge in [0, 0.05) is 11.3 Å². The maximum Gasteiger partial charge on any atom is 0.0850 e. The number of thiophene rings is 1. The fourth-order valence-electron chi connectivity index (χ4n) is 1.88. The Kier molecular flexibility index (Phi) is 3.21. The minimum Gasteiger partial charge on any atom is -0.390 e. The van der Waals surface area contributed by atoms with Gasteiger partial charge in [0.05, 0.1) is 18.3 Å². The zero-order chi connectivity index (χ0) is 9.97. The minimum atomic E-state index is -0.335. The molecule has 1 aliphatic heterocycles. The van der Waals surface area contributed by atoms with Crippen LogP contribution in [0.15, 0.2) is 17.5 Å². The van der Waals surface area contributed by atoms with Crippen molar-refractivity contribution in [2.45, 2.75) is 44.5 Å². The van der Waals surface area contributed by atoms with Gasteiger partial charge in [-0.1, -0.05) is 6.07 Å². The first-order chi connectivity index (χ1) is 6.75. The minimum absolute atomic E-state index is 0.0482. The molecule has 3 atom stereocenters. The summed E-state index contributed by atoms with van der Waals surface area (Å²) in [6, 6.07) is 4.08. The lowest BCUT2D eigenvalue weighted by Gasteiger charge is -2.17. The largest absolute Gasteiger partial charge is 0.390 e. The molecular weight excluding hydrogens is 196 g/mol. The van der Waals surface area contributed by atoms with E-state index in [4.69, 9.17) is 4.74 Å². The van der Waals surface area contributed by atoms with E-state index in [9.17, 15) is 5.11 Å². The van der Waals surface area contributed by atoms with Crippen LogP contribution < -0.4 is 0 Å². The quantitative estimate of drug-likeness (QED) is 0.832. The van der Waals surface area contributed by atoms with Crippen LogP contribution in [-0.2, 0) is 11.2 Å². The first-order valence-electron chi connectivity index (χ1n) is 5.11. The second-order valence-electron chi connectivity index (χ2n) is 3.91. The Morgan fingerprint density at radius 3 is 3.07 bits per heavy atom. The Balaban J connectivity index is 1.87. The molecule has 78 valence electrons. The standard InChI is InChI=1S/C11H16O2S/c1-8-4-5-11(13-8)10(12)7-9-3-2-6-14-9/h2-3,6,8,10-12H,4-5,7H2,1H3. The van der Waals surface area contributed by atoms with Crippen molar-refractivity contribution in [3.05, 3.63) is 22.4 Å². The fraction of sp³-hybridized carbons (Fsp3) is 0.636. The molecule has 0 aromatic carbocycles. The summed E-state index contributed by atoms with van der Waals surface area (Å²) in [5.41, 5.74) is 0. The second-order valence-corrected chi connectivity index (χ2v) is 4.95.